The fraction of sp³-hybridized carbons (Fsp3) is 0.429. The number of para-hydroxylation sites is 1. The minimum absolute atomic E-state index is 0.488. The molecule has 2 N–H and O–H groups in total. The van der Waals surface area contributed by atoms with Gasteiger partial charge in [-0.15, -0.1) is 0 Å². The van der Waals surface area contributed by atoms with Gasteiger partial charge in [0, 0.05) is 11.9 Å². The van der Waals surface area contributed by atoms with E-state index >= 15 is 0 Å². The van der Waals surface area contributed by atoms with E-state index < -0.39 is 11.5 Å². The van der Waals surface area contributed by atoms with Crippen LogP contribution in [0.2, 0.25) is 0 Å². The van der Waals surface area contributed by atoms with Crippen molar-refractivity contribution in [2.45, 2.75) is 32.4 Å². The fourth-order valence-corrected chi connectivity index (χ4v) is 2.19. The second-order valence-corrected chi connectivity index (χ2v) is 4.84. The van der Waals surface area contributed by atoms with E-state index in [9.17, 15) is 9.90 Å². The van der Waals surface area contributed by atoms with E-state index in [0.717, 1.165) is 10.9 Å². The average molecular weight is 261 g/mol. The van der Waals surface area contributed by atoms with E-state index in [2.05, 4.69) is 10.4 Å². The molecule has 5 heteroatoms. The molecule has 5 nitrogen and oxygen atoms in total. The van der Waals surface area contributed by atoms with Crippen molar-refractivity contribution in [3.05, 3.63) is 30.5 Å². The number of fused-ring (bicyclic) bond motifs is 1. The summed E-state index contributed by atoms with van der Waals surface area (Å²) < 4.78 is 1.86. The van der Waals surface area contributed by atoms with Crippen LogP contribution in [0.15, 0.2) is 30.5 Å². The van der Waals surface area contributed by atoms with Crippen LogP contribution in [-0.4, -0.2) is 32.9 Å². The third-order valence-corrected chi connectivity index (χ3v) is 3.41. The van der Waals surface area contributed by atoms with Gasteiger partial charge in [-0.25, -0.2) is 0 Å². The van der Waals surface area contributed by atoms with Crippen LogP contribution >= 0.6 is 0 Å². The lowest BCUT2D eigenvalue weighted by molar-refractivity contribution is -0.144. The summed E-state index contributed by atoms with van der Waals surface area (Å²) in [6.07, 6.45) is 2.29. The first-order valence-corrected chi connectivity index (χ1v) is 6.46. The average Bonchev–Trinajstić information content (AvgIpc) is 2.80. The Balaban J connectivity index is 2.15. The molecule has 0 aliphatic heterocycles. The molecule has 1 unspecified atom stereocenters. The van der Waals surface area contributed by atoms with Crippen molar-refractivity contribution in [3.63, 3.8) is 0 Å². The molecule has 2 aromatic rings. The first-order valence-electron chi connectivity index (χ1n) is 6.46. The smallest absolute Gasteiger partial charge is 0.323 e. The quantitative estimate of drug-likeness (QED) is 0.833. The topological polar surface area (TPSA) is 67.2 Å². The number of carboxylic acid groups (broad SMARTS) is 1. The molecule has 0 aliphatic carbocycles. The summed E-state index contributed by atoms with van der Waals surface area (Å²) in [6.45, 7) is 4.82. The summed E-state index contributed by atoms with van der Waals surface area (Å²) in [7, 11) is 0. The van der Waals surface area contributed by atoms with Crippen molar-refractivity contribution in [3.8, 4) is 0 Å². The maximum atomic E-state index is 11.3. The van der Waals surface area contributed by atoms with Gasteiger partial charge in [0.15, 0.2) is 0 Å². The van der Waals surface area contributed by atoms with Crippen LogP contribution in [0.25, 0.3) is 10.9 Å². The standard InChI is InChI=1S/C14H19N3O2/c1-3-15-14(2,13(18)19)8-9-17-12-7-5-4-6-11(12)10-16-17/h4-7,10,15H,3,8-9H2,1-2H3,(H,18,19). The summed E-state index contributed by atoms with van der Waals surface area (Å²) in [5.74, 6) is -0.828. The van der Waals surface area contributed by atoms with Gasteiger partial charge in [-0.1, -0.05) is 25.1 Å². The van der Waals surface area contributed by atoms with Gasteiger partial charge in [-0.2, -0.15) is 5.10 Å². The zero-order chi connectivity index (χ0) is 13.9. The first kappa shape index (κ1) is 13.5. The van der Waals surface area contributed by atoms with Crippen LogP contribution in [-0.2, 0) is 11.3 Å². The van der Waals surface area contributed by atoms with Crippen molar-refractivity contribution in [2.75, 3.05) is 6.54 Å². The van der Waals surface area contributed by atoms with Crippen LogP contribution in [0.4, 0.5) is 0 Å². The number of aliphatic carboxylic acids is 1. The van der Waals surface area contributed by atoms with Crippen molar-refractivity contribution in [1.82, 2.24) is 15.1 Å². The summed E-state index contributed by atoms with van der Waals surface area (Å²) in [5, 5.41) is 17.7. The van der Waals surface area contributed by atoms with Gasteiger partial charge >= 0.3 is 5.97 Å². The first-order chi connectivity index (χ1) is 9.07. The predicted molar refractivity (Wildman–Crippen MR) is 74.1 cm³/mol. The predicted octanol–water partition coefficient (Wildman–Crippen LogP) is 1.88. The number of hydrogen-bond acceptors (Lipinski definition) is 3. The number of aromatic nitrogens is 2. The molecule has 2 rings (SSSR count). The highest BCUT2D eigenvalue weighted by atomic mass is 16.4. The van der Waals surface area contributed by atoms with Crippen molar-refractivity contribution < 1.29 is 9.90 Å². The highest BCUT2D eigenvalue weighted by molar-refractivity contribution is 5.79. The Kier molecular flexibility index (Phi) is 3.85. The number of likely N-dealkylation sites (N-methyl/N-ethyl adjacent to an activating group) is 1. The Hall–Kier alpha value is -1.88. The lowest BCUT2D eigenvalue weighted by Crippen LogP contribution is -2.50. The molecule has 0 fully saturated rings. The normalized spacial score (nSPS) is 14.4. The van der Waals surface area contributed by atoms with Gasteiger partial charge in [0.25, 0.3) is 0 Å². The molecule has 102 valence electrons. The maximum absolute atomic E-state index is 11.3. The minimum atomic E-state index is -0.915. The molecule has 0 bridgehead atoms. The number of benzene rings is 1. The summed E-state index contributed by atoms with van der Waals surface area (Å²) in [4.78, 5) is 11.3. The Morgan fingerprint density at radius 3 is 2.89 bits per heavy atom. The molecule has 1 atom stereocenters. The van der Waals surface area contributed by atoms with E-state index in [0.29, 0.717) is 19.5 Å². The van der Waals surface area contributed by atoms with Crippen LogP contribution < -0.4 is 5.32 Å². The zero-order valence-corrected chi connectivity index (χ0v) is 11.3. The SMILES string of the molecule is CCNC(C)(CCn1ncc2ccccc21)C(=O)O. The van der Waals surface area contributed by atoms with Crippen LogP contribution in [0.5, 0.6) is 0 Å². The van der Waals surface area contributed by atoms with Crippen molar-refractivity contribution >= 4 is 16.9 Å². The van der Waals surface area contributed by atoms with E-state index in [1.807, 2.05) is 35.9 Å². The highest BCUT2D eigenvalue weighted by Gasteiger charge is 2.31. The number of carbonyl (C=O) groups is 1. The molecule has 0 amide bonds. The molecule has 0 saturated heterocycles. The zero-order valence-electron chi connectivity index (χ0n) is 11.3. The van der Waals surface area contributed by atoms with Crippen molar-refractivity contribution in [2.24, 2.45) is 0 Å². The Morgan fingerprint density at radius 1 is 1.47 bits per heavy atom. The minimum Gasteiger partial charge on any atom is -0.480 e. The van der Waals surface area contributed by atoms with Gasteiger partial charge in [0.05, 0.1) is 11.7 Å². The summed E-state index contributed by atoms with van der Waals surface area (Å²) >= 11 is 0. The third-order valence-electron chi connectivity index (χ3n) is 3.41. The van der Waals surface area contributed by atoms with Crippen molar-refractivity contribution in [1.29, 1.82) is 0 Å². The number of rotatable bonds is 6. The monoisotopic (exact) mass is 261 g/mol. The second kappa shape index (κ2) is 5.40. The van der Waals surface area contributed by atoms with Gasteiger partial charge in [-0.05, 0) is 26.0 Å². The third kappa shape index (κ3) is 2.76. The summed E-state index contributed by atoms with van der Waals surface area (Å²) in [6, 6.07) is 7.92. The number of nitrogens with one attached hydrogen (secondary N) is 1. The van der Waals surface area contributed by atoms with Gasteiger partial charge in [0.2, 0.25) is 0 Å². The van der Waals surface area contributed by atoms with Crippen LogP contribution in [0, 0.1) is 0 Å². The molecule has 0 spiro atoms. The fourth-order valence-electron chi connectivity index (χ4n) is 2.19. The summed E-state index contributed by atoms with van der Waals surface area (Å²) in [5.41, 5.74) is 0.119. The lowest BCUT2D eigenvalue weighted by Gasteiger charge is -2.25. The second-order valence-electron chi connectivity index (χ2n) is 4.84. The lowest BCUT2D eigenvalue weighted by atomic mass is 9.98. The molecule has 0 radical (unpaired) electrons. The molecule has 1 aromatic carbocycles. The molecular formula is C14H19N3O2. The highest BCUT2D eigenvalue weighted by Crippen LogP contribution is 2.16. The van der Waals surface area contributed by atoms with E-state index in [1.54, 1.807) is 13.1 Å². The molecular weight excluding hydrogens is 242 g/mol. The molecule has 0 saturated carbocycles. The maximum Gasteiger partial charge on any atom is 0.323 e. The Bertz CT molecular complexity index is 579. The number of hydrogen-bond donors (Lipinski definition) is 2. The molecule has 0 aliphatic rings. The Morgan fingerprint density at radius 2 is 2.21 bits per heavy atom. The molecule has 1 heterocycles. The van der Waals surface area contributed by atoms with E-state index in [4.69, 9.17) is 0 Å². The largest absolute Gasteiger partial charge is 0.480 e. The number of nitrogens with zero attached hydrogens (tertiary/aromatic N) is 2. The van der Waals surface area contributed by atoms with E-state index in [1.165, 1.54) is 0 Å². The van der Waals surface area contributed by atoms with Gasteiger partial charge in [0.1, 0.15) is 5.54 Å². The van der Waals surface area contributed by atoms with Crippen LogP contribution in [0.1, 0.15) is 20.3 Å². The number of carboxylic acids is 1. The number of aryl methyl sites for hydroxylation is 1. The van der Waals surface area contributed by atoms with Crippen LogP contribution in [0.3, 0.4) is 0 Å². The van der Waals surface area contributed by atoms with Gasteiger partial charge < -0.3 is 10.4 Å². The molecule has 19 heavy (non-hydrogen) atoms. The van der Waals surface area contributed by atoms with Gasteiger partial charge in [-0.3, -0.25) is 9.48 Å². The Labute approximate surface area is 112 Å². The molecule has 1 aromatic heterocycles. The van der Waals surface area contributed by atoms with E-state index in [-0.39, 0.29) is 0 Å².